The lowest BCUT2D eigenvalue weighted by Gasteiger charge is -2.31. The van der Waals surface area contributed by atoms with Gasteiger partial charge in [-0.05, 0) is 37.1 Å². The first kappa shape index (κ1) is 23.2. The third-order valence-electron chi connectivity index (χ3n) is 6.61. The Kier molecular flexibility index (Phi) is 5.69. The molecule has 0 amide bonds. The minimum Gasteiger partial charge on any atom is -0.458 e. The highest BCUT2D eigenvalue weighted by molar-refractivity contribution is 5.90. The Morgan fingerprint density at radius 2 is 2.06 bits per heavy atom. The van der Waals surface area contributed by atoms with E-state index < -0.39 is 17.5 Å². The van der Waals surface area contributed by atoms with Crippen molar-refractivity contribution in [3.05, 3.63) is 56.9 Å². The minimum atomic E-state index is -1.87. The SMILES string of the molecule is CCCOCc1c(OC(C)=O)ccc2nc3c(cc12)Cn1c-3cc2c(c1=O)COC(=O)[C@]2(O)CC. The molecule has 9 nitrogen and oxygen atoms in total. The number of pyridine rings is 2. The van der Waals surface area contributed by atoms with Gasteiger partial charge in [0.05, 0.1) is 35.6 Å². The summed E-state index contributed by atoms with van der Waals surface area (Å²) in [5.74, 6) is -0.772. The van der Waals surface area contributed by atoms with E-state index in [1.807, 2.05) is 13.0 Å². The molecule has 0 aliphatic carbocycles. The van der Waals surface area contributed by atoms with Gasteiger partial charge in [0.15, 0.2) is 5.60 Å². The number of hydrogen-bond acceptors (Lipinski definition) is 8. The smallest absolute Gasteiger partial charge is 0.343 e. The lowest BCUT2D eigenvalue weighted by molar-refractivity contribution is -0.172. The van der Waals surface area contributed by atoms with E-state index in [4.69, 9.17) is 19.2 Å². The Balaban J connectivity index is 1.68. The predicted molar refractivity (Wildman–Crippen MR) is 126 cm³/mol. The second-order valence-corrected chi connectivity index (χ2v) is 8.85. The molecule has 1 N–H and O–H groups in total. The zero-order chi connectivity index (χ0) is 24.9. The summed E-state index contributed by atoms with van der Waals surface area (Å²) >= 11 is 0. The first-order valence-corrected chi connectivity index (χ1v) is 11.7. The van der Waals surface area contributed by atoms with E-state index in [0.29, 0.717) is 34.8 Å². The topological polar surface area (TPSA) is 117 Å². The van der Waals surface area contributed by atoms with Crippen molar-refractivity contribution in [3.63, 3.8) is 0 Å². The van der Waals surface area contributed by atoms with Crippen LogP contribution in [0.5, 0.6) is 5.75 Å². The highest BCUT2D eigenvalue weighted by Crippen LogP contribution is 2.39. The Bertz CT molecular complexity index is 1440. The van der Waals surface area contributed by atoms with Crippen molar-refractivity contribution in [2.45, 2.75) is 59.0 Å². The quantitative estimate of drug-likeness (QED) is 0.255. The number of hydrogen-bond donors (Lipinski definition) is 1. The van der Waals surface area contributed by atoms with Gasteiger partial charge >= 0.3 is 11.9 Å². The summed E-state index contributed by atoms with van der Waals surface area (Å²) in [5, 5.41) is 11.8. The van der Waals surface area contributed by atoms with Gasteiger partial charge in [0.1, 0.15) is 12.4 Å². The first-order valence-electron chi connectivity index (χ1n) is 11.7. The molecule has 2 aliphatic rings. The Morgan fingerprint density at radius 1 is 1.26 bits per heavy atom. The molecule has 0 spiro atoms. The maximum atomic E-state index is 13.3. The number of ether oxygens (including phenoxy) is 3. The van der Waals surface area contributed by atoms with Crippen LogP contribution >= 0.6 is 0 Å². The summed E-state index contributed by atoms with van der Waals surface area (Å²) in [4.78, 5) is 42.2. The van der Waals surface area contributed by atoms with Crippen LogP contribution < -0.4 is 10.3 Å². The molecular formula is C26H26N2O7. The molecule has 3 aromatic rings. The number of carbonyl (C=O) groups is 2. The average Bonchev–Trinajstić information content (AvgIpc) is 3.19. The zero-order valence-electron chi connectivity index (χ0n) is 19.8. The van der Waals surface area contributed by atoms with Crippen molar-refractivity contribution < 1.29 is 28.9 Å². The van der Waals surface area contributed by atoms with Crippen LogP contribution in [0.1, 0.15) is 55.9 Å². The average molecular weight is 479 g/mol. The van der Waals surface area contributed by atoms with Crippen molar-refractivity contribution in [3.8, 4) is 17.1 Å². The predicted octanol–water partition coefficient (Wildman–Crippen LogP) is 2.93. The fraction of sp³-hybridized carbons (Fsp3) is 0.385. The highest BCUT2D eigenvalue weighted by atomic mass is 16.6. The number of carbonyl (C=O) groups excluding carboxylic acids is 2. The van der Waals surface area contributed by atoms with Crippen molar-refractivity contribution in [2.24, 2.45) is 0 Å². The van der Waals surface area contributed by atoms with Gasteiger partial charge < -0.3 is 23.9 Å². The van der Waals surface area contributed by atoms with E-state index in [1.54, 1.807) is 29.7 Å². The number of rotatable bonds is 6. The molecule has 2 aliphatic heterocycles. The number of aromatic nitrogens is 2. The Morgan fingerprint density at radius 3 is 2.77 bits per heavy atom. The van der Waals surface area contributed by atoms with E-state index in [-0.39, 0.29) is 42.9 Å². The summed E-state index contributed by atoms with van der Waals surface area (Å²) in [6.07, 6.45) is 0.931. The molecule has 0 fully saturated rings. The maximum Gasteiger partial charge on any atom is 0.343 e. The van der Waals surface area contributed by atoms with Crippen LogP contribution in [0.25, 0.3) is 22.3 Å². The van der Waals surface area contributed by atoms with Crippen LogP contribution in [0.4, 0.5) is 0 Å². The highest BCUT2D eigenvalue weighted by Gasteiger charge is 2.45. The van der Waals surface area contributed by atoms with Gasteiger partial charge in [0.2, 0.25) is 0 Å². The van der Waals surface area contributed by atoms with E-state index in [0.717, 1.165) is 17.4 Å². The number of cyclic esters (lactones) is 1. The fourth-order valence-corrected chi connectivity index (χ4v) is 4.81. The van der Waals surface area contributed by atoms with E-state index >= 15 is 0 Å². The monoisotopic (exact) mass is 478 g/mol. The van der Waals surface area contributed by atoms with E-state index in [2.05, 4.69) is 0 Å². The number of nitrogens with zero attached hydrogens (tertiary/aromatic N) is 2. The molecule has 0 saturated carbocycles. The van der Waals surface area contributed by atoms with Crippen molar-refractivity contribution in [2.75, 3.05) is 6.61 Å². The zero-order valence-corrected chi connectivity index (χ0v) is 19.8. The lowest BCUT2D eigenvalue weighted by atomic mass is 9.86. The molecule has 9 heteroatoms. The van der Waals surface area contributed by atoms with E-state index in [1.165, 1.54) is 6.92 Å². The summed E-state index contributed by atoms with van der Waals surface area (Å²) in [7, 11) is 0. The van der Waals surface area contributed by atoms with Crippen LogP contribution in [0, 0.1) is 0 Å². The molecular weight excluding hydrogens is 452 g/mol. The summed E-state index contributed by atoms with van der Waals surface area (Å²) < 4.78 is 17.9. The Labute approximate surface area is 201 Å². The lowest BCUT2D eigenvalue weighted by Crippen LogP contribution is -2.44. The van der Waals surface area contributed by atoms with Gasteiger partial charge in [-0.25, -0.2) is 9.78 Å². The van der Waals surface area contributed by atoms with Crippen molar-refractivity contribution in [1.29, 1.82) is 0 Å². The van der Waals surface area contributed by atoms with Gasteiger partial charge in [0.25, 0.3) is 5.56 Å². The molecule has 2 aromatic heterocycles. The minimum absolute atomic E-state index is 0.0831. The van der Waals surface area contributed by atoms with Crippen LogP contribution in [-0.4, -0.2) is 33.2 Å². The standard InChI is InChI=1S/C26H26N2O7/c1-4-8-33-12-17-16-9-15-11-28-21(23(15)27-20(16)6-7-22(17)35-14(3)29)10-19-18(24(28)30)13-34-25(31)26(19,32)5-2/h6-7,9-10,32H,4-5,8,11-13H2,1-3H3/t26-/m0/s1. The normalized spacial score (nSPS) is 18.1. The molecule has 0 unspecified atom stereocenters. The van der Waals surface area contributed by atoms with Crippen molar-refractivity contribution >= 4 is 22.8 Å². The molecule has 0 radical (unpaired) electrons. The number of fused-ring (bicyclic) bond motifs is 5. The largest absolute Gasteiger partial charge is 0.458 e. The summed E-state index contributed by atoms with van der Waals surface area (Å²) in [6, 6.07) is 7.07. The number of esters is 2. The van der Waals surface area contributed by atoms with Gasteiger partial charge in [-0.2, -0.15) is 0 Å². The molecule has 1 aromatic carbocycles. The van der Waals surface area contributed by atoms with Crippen LogP contribution in [0.2, 0.25) is 0 Å². The molecule has 35 heavy (non-hydrogen) atoms. The van der Waals surface area contributed by atoms with Crippen LogP contribution in [0.3, 0.4) is 0 Å². The second-order valence-electron chi connectivity index (χ2n) is 8.85. The second kappa shape index (κ2) is 8.58. The molecule has 182 valence electrons. The van der Waals surface area contributed by atoms with Crippen LogP contribution in [-0.2, 0) is 44.4 Å². The van der Waals surface area contributed by atoms with Gasteiger partial charge in [-0.15, -0.1) is 0 Å². The Hall–Kier alpha value is -3.56. The molecule has 5 rings (SSSR count). The maximum absolute atomic E-state index is 13.3. The third-order valence-corrected chi connectivity index (χ3v) is 6.61. The molecule has 0 saturated heterocycles. The van der Waals surface area contributed by atoms with E-state index in [9.17, 15) is 19.5 Å². The summed E-state index contributed by atoms with van der Waals surface area (Å²) in [6.45, 7) is 5.94. The first-order chi connectivity index (χ1) is 16.8. The van der Waals surface area contributed by atoms with Gasteiger partial charge in [-0.3, -0.25) is 9.59 Å². The number of benzene rings is 1. The summed E-state index contributed by atoms with van der Waals surface area (Å²) in [5.41, 5.74) is 1.69. The fourth-order valence-electron chi connectivity index (χ4n) is 4.81. The van der Waals surface area contributed by atoms with Crippen molar-refractivity contribution in [1.82, 2.24) is 9.55 Å². The molecule has 1 atom stereocenters. The molecule has 0 bridgehead atoms. The van der Waals surface area contributed by atoms with Crippen LogP contribution in [0.15, 0.2) is 29.1 Å². The van der Waals surface area contributed by atoms with Gasteiger partial charge in [0, 0.05) is 35.6 Å². The molecule has 4 heterocycles. The number of aliphatic hydroxyl groups is 1. The third kappa shape index (κ3) is 3.62. The van der Waals surface area contributed by atoms with Gasteiger partial charge in [-0.1, -0.05) is 13.8 Å².